The van der Waals surface area contributed by atoms with Gasteiger partial charge in [0.05, 0.1) is 6.54 Å². The van der Waals surface area contributed by atoms with Crippen molar-refractivity contribution in [1.82, 2.24) is 4.90 Å². The number of likely N-dealkylation sites (tertiary alicyclic amines) is 1. The smallest absolute Gasteiger partial charge is 0.226 e. The quantitative estimate of drug-likeness (QED) is 0.854. The predicted octanol–water partition coefficient (Wildman–Crippen LogP) is 1.97. The van der Waals surface area contributed by atoms with Gasteiger partial charge >= 0.3 is 0 Å². The third-order valence-electron chi connectivity index (χ3n) is 3.47. The van der Waals surface area contributed by atoms with Crippen LogP contribution in [0.2, 0.25) is 0 Å². The molecular weight excluding hydrogens is 218 g/mol. The topological polar surface area (TPSA) is 53.7 Å². The standard InChI is InChI=1S/C13H19NO3/c1-9-3-4-10(2)14(6-9)7-11-5-12(15)13(16)8-17-11/h5,8-10,16H,3-4,6-7H2,1-2H3/t9-,10-/m1/s1. The highest BCUT2D eigenvalue weighted by Crippen LogP contribution is 2.23. The predicted molar refractivity (Wildman–Crippen MR) is 64.9 cm³/mol. The van der Waals surface area contributed by atoms with Crippen molar-refractivity contribution in [2.45, 2.75) is 39.3 Å². The first-order chi connectivity index (χ1) is 8.06. The van der Waals surface area contributed by atoms with Crippen LogP contribution in [0.1, 0.15) is 32.4 Å². The van der Waals surface area contributed by atoms with E-state index in [1.165, 1.54) is 18.9 Å². The summed E-state index contributed by atoms with van der Waals surface area (Å²) in [5, 5.41) is 9.12. The Kier molecular flexibility index (Phi) is 3.52. The molecule has 2 heterocycles. The summed E-state index contributed by atoms with van der Waals surface area (Å²) in [7, 11) is 0. The van der Waals surface area contributed by atoms with E-state index in [4.69, 9.17) is 9.52 Å². The molecule has 0 radical (unpaired) electrons. The second-order valence-electron chi connectivity index (χ2n) is 5.06. The van der Waals surface area contributed by atoms with Crippen LogP contribution in [0, 0.1) is 5.92 Å². The fourth-order valence-electron chi connectivity index (χ4n) is 2.33. The highest BCUT2D eigenvalue weighted by atomic mass is 16.4. The fourth-order valence-corrected chi connectivity index (χ4v) is 2.33. The Morgan fingerprint density at radius 1 is 1.47 bits per heavy atom. The van der Waals surface area contributed by atoms with E-state index in [-0.39, 0.29) is 11.2 Å². The second kappa shape index (κ2) is 4.92. The SMILES string of the molecule is C[C@@H]1CC[C@@H](C)N(Cc2cc(=O)c(O)co2)C1. The Morgan fingerprint density at radius 3 is 2.94 bits per heavy atom. The van der Waals surface area contributed by atoms with Crippen molar-refractivity contribution in [3.63, 3.8) is 0 Å². The summed E-state index contributed by atoms with van der Waals surface area (Å²) >= 11 is 0. The molecule has 1 aliphatic rings. The summed E-state index contributed by atoms with van der Waals surface area (Å²) in [6.45, 7) is 6.11. The minimum atomic E-state index is -0.371. The lowest BCUT2D eigenvalue weighted by molar-refractivity contribution is 0.108. The van der Waals surface area contributed by atoms with Crippen molar-refractivity contribution in [3.8, 4) is 5.75 Å². The molecule has 1 aromatic rings. The summed E-state index contributed by atoms with van der Waals surface area (Å²) in [4.78, 5) is 13.6. The van der Waals surface area contributed by atoms with E-state index in [9.17, 15) is 4.79 Å². The normalized spacial score (nSPS) is 26.0. The lowest BCUT2D eigenvalue weighted by Crippen LogP contribution is -2.40. The monoisotopic (exact) mass is 237 g/mol. The van der Waals surface area contributed by atoms with Gasteiger partial charge in [-0.15, -0.1) is 0 Å². The van der Waals surface area contributed by atoms with Gasteiger partial charge in [0.25, 0.3) is 0 Å². The number of piperidine rings is 1. The van der Waals surface area contributed by atoms with Gasteiger partial charge in [0.2, 0.25) is 5.43 Å². The van der Waals surface area contributed by atoms with Crippen molar-refractivity contribution >= 4 is 0 Å². The van der Waals surface area contributed by atoms with Crippen LogP contribution < -0.4 is 5.43 Å². The first-order valence-electron chi connectivity index (χ1n) is 6.11. The highest BCUT2D eigenvalue weighted by Gasteiger charge is 2.23. The van der Waals surface area contributed by atoms with Crippen LogP contribution in [0.25, 0.3) is 0 Å². The summed E-state index contributed by atoms with van der Waals surface area (Å²) in [6.07, 6.45) is 3.57. The summed E-state index contributed by atoms with van der Waals surface area (Å²) < 4.78 is 5.23. The van der Waals surface area contributed by atoms with E-state index in [2.05, 4.69) is 18.7 Å². The Balaban J connectivity index is 2.08. The molecule has 1 aliphatic heterocycles. The lowest BCUT2D eigenvalue weighted by Gasteiger charge is -2.36. The van der Waals surface area contributed by atoms with Gasteiger partial charge in [0.15, 0.2) is 5.75 Å². The van der Waals surface area contributed by atoms with Crippen molar-refractivity contribution < 1.29 is 9.52 Å². The van der Waals surface area contributed by atoms with Crippen LogP contribution in [0.4, 0.5) is 0 Å². The molecule has 1 fully saturated rings. The maximum atomic E-state index is 11.3. The third-order valence-corrected chi connectivity index (χ3v) is 3.47. The maximum absolute atomic E-state index is 11.3. The van der Waals surface area contributed by atoms with Gasteiger partial charge in [-0.2, -0.15) is 0 Å². The zero-order valence-electron chi connectivity index (χ0n) is 10.3. The Hall–Kier alpha value is -1.29. The minimum absolute atomic E-state index is 0.325. The van der Waals surface area contributed by atoms with Gasteiger partial charge in [-0.05, 0) is 25.7 Å². The van der Waals surface area contributed by atoms with Crippen molar-refractivity contribution in [1.29, 1.82) is 0 Å². The molecular formula is C13H19NO3. The summed E-state index contributed by atoms with van der Waals surface area (Å²) in [6, 6.07) is 1.90. The van der Waals surface area contributed by atoms with Crippen LogP contribution in [0.3, 0.4) is 0 Å². The van der Waals surface area contributed by atoms with E-state index in [0.717, 1.165) is 12.8 Å². The molecule has 0 unspecified atom stereocenters. The maximum Gasteiger partial charge on any atom is 0.226 e. The molecule has 94 valence electrons. The molecule has 2 atom stereocenters. The van der Waals surface area contributed by atoms with Crippen molar-refractivity contribution in [3.05, 3.63) is 28.3 Å². The summed E-state index contributed by atoms with van der Waals surface area (Å²) in [5.74, 6) is 0.984. The third kappa shape index (κ3) is 2.88. The molecule has 4 nitrogen and oxygen atoms in total. The van der Waals surface area contributed by atoms with E-state index in [0.29, 0.717) is 24.3 Å². The molecule has 0 bridgehead atoms. The second-order valence-corrected chi connectivity index (χ2v) is 5.06. The Morgan fingerprint density at radius 2 is 2.24 bits per heavy atom. The highest BCUT2D eigenvalue weighted by molar-refractivity contribution is 5.15. The van der Waals surface area contributed by atoms with Gasteiger partial charge in [0, 0.05) is 18.7 Å². The number of aromatic hydroxyl groups is 1. The zero-order valence-corrected chi connectivity index (χ0v) is 10.3. The number of rotatable bonds is 2. The molecule has 1 aromatic heterocycles. The van der Waals surface area contributed by atoms with Crippen molar-refractivity contribution in [2.75, 3.05) is 6.54 Å². The molecule has 0 amide bonds. The first kappa shape index (κ1) is 12.2. The van der Waals surface area contributed by atoms with Crippen LogP contribution in [-0.4, -0.2) is 22.6 Å². The zero-order chi connectivity index (χ0) is 12.4. The van der Waals surface area contributed by atoms with E-state index < -0.39 is 0 Å². The minimum Gasteiger partial charge on any atom is -0.502 e. The van der Waals surface area contributed by atoms with Crippen LogP contribution in [0.15, 0.2) is 21.5 Å². The van der Waals surface area contributed by atoms with Crippen LogP contribution in [-0.2, 0) is 6.54 Å². The van der Waals surface area contributed by atoms with Gasteiger partial charge < -0.3 is 9.52 Å². The number of nitrogens with zero attached hydrogens (tertiary/aromatic N) is 1. The molecule has 0 aromatic carbocycles. The van der Waals surface area contributed by atoms with Crippen LogP contribution >= 0.6 is 0 Å². The molecule has 2 rings (SSSR count). The molecule has 0 spiro atoms. The Bertz CT molecular complexity index is 441. The van der Waals surface area contributed by atoms with Gasteiger partial charge in [-0.3, -0.25) is 9.69 Å². The van der Waals surface area contributed by atoms with E-state index >= 15 is 0 Å². The fraction of sp³-hybridized carbons (Fsp3) is 0.615. The molecule has 0 aliphatic carbocycles. The molecule has 0 saturated carbocycles. The molecule has 4 heteroatoms. The average Bonchev–Trinajstić information content (AvgIpc) is 2.29. The van der Waals surface area contributed by atoms with Gasteiger partial charge in [-0.25, -0.2) is 0 Å². The van der Waals surface area contributed by atoms with Gasteiger partial charge in [0.1, 0.15) is 12.0 Å². The number of hydrogen-bond acceptors (Lipinski definition) is 4. The van der Waals surface area contributed by atoms with E-state index in [1.54, 1.807) is 0 Å². The van der Waals surface area contributed by atoms with Crippen LogP contribution in [0.5, 0.6) is 5.75 Å². The molecule has 17 heavy (non-hydrogen) atoms. The van der Waals surface area contributed by atoms with Crippen molar-refractivity contribution in [2.24, 2.45) is 5.92 Å². The summed E-state index contributed by atoms with van der Waals surface area (Å²) in [5.41, 5.74) is -0.371. The first-order valence-corrected chi connectivity index (χ1v) is 6.11. The van der Waals surface area contributed by atoms with E-state index in [1.807, 2.05) is 0 Å². The average molecular weight is 237 g/mol. The molecule has 1 saturated heterocycles. The lowest BCUT2D eigenvalue weighted by atomic mass is 9.95. The van der Waals surface area contributed by atoms with Gasteiger partial charge in [-0.1, -0.05) is 6.92 Å². The molecule has 1 N–H and O–H groups in total. The number of hydrogen-bond donors (Lipinski definition) is 1. The Labute approximate surface area is 101 Å². The largest absolute Gasteiger partial charge is 0.502 e.